The lowest BCUT2D eigenvalue weighted by atomic mass is 9.92. The molecule has 7 aromatic rings. The Hall–Kier alpha value is -5.22. The fraction of sp³-hybridized carbons (Fsp3) is 0.150. The second kappa shape index (κ2) is 11.1. The van der Waals surface area contributed by atoms with E-state index in [4.69, 9.17) is 9.97 Å². The molecule has 7 rings (SSSR count). The number of benzene rings is 5. The van der Waals surface area contributed by atoms with E-state index in [0.717, 1.165) is 33.4 Å². The molecule has 0 saturated heterocycles. The van der Waals surface area contributed by atoms with E-state index in [2.05, 4.69) is 105 Å². The molecule has 0 radical (unpaired) electrons. The van der Waals surface area contributed by atoms with Crippen molar-refractivity contribution in [2.75, 3.05) is 0 Å². The van der Waals surface area contributed by atoms with Crippen LogP contribution in [0.25, 0.3) is 61.4 Å². The number of fused-ring (bicyclic) bond motifs is 2. The van der Waals surface area contributed by atoms with Crippen molar-refractivity contribution < 1.29 is 5.11 Å². The van der Waals surface area contributed by atoms with Crippen molar-refractivity contribution in [3.63, 3.8) is 0 Å². The van der Waals surface area contributed by atoms with Crippen LogP contribution >= 0.6 is 0 Å². The largest absolute Gasteiger partial charge is 0.506 e. The number of para-hydroxylation sites is 4. The lowest BCUT2D eigenvalue weighted by Crippen LogP contribution is -2.08. The van der Waals surface area contributed by atoms with Crippen LogP contribution in [0.1, 0.15) is 50.7 Å². The molecule has 4 heteroatoms. The molecule has 0 aliphatic heterocycles. The number of hydrogen-bond acceptors (Lipinski definition) is 3. The Morgan fingerprint density at radius 2 is 1.11 bits per heavy atom. The van der Waals surface area contributed by atoms with Gasteiger partial charge in [0.15, 0.2) is 0 Å². The number of nitrogens with zero attached hydrogens (tertiary/aromatic N) is 3. The molecule has 0 unspecified atom stereocenters. The summed E-state index contributed by atoms with van der Waals surface area (Å²) in [5.41, 5.74) is 9.52. The zero-order valence-electron chi connectivity index (χ0n) is 25.5. The Labute approximate surface area is 258 Å². The second-order valence-electron chi connectivity index (χ2n) is 12.0. The van der Waals surface area contributed by atoms with Crippen molar-refractivity contribution in [3.05, 3.63) is 132 Å². The minimum atomic E-state index is 0.166. The summed E-state index contributed by atoms with van der Waals surface area (Å²) >= 11 is 0. The monoisotopic (exact) mass is 573 g/mol. The smallest absolute Gasteiger partial charge is 0.149 e. The summed E-state index contributed by atoms with van der Waals surface area (Å²) in [6.07, 6.45) is 0. The summed E-state index contributed by atoms with van der Waals surface area (Å²) in [4.78, 5) is 10.2. The first-order chi connectivity index (χ1) is 21.4. The lowest BCUT2D eigenvalue weighted by Gasteiger charge is -2.23. The number of pyridine rings is 1. The van der Waals surface area contributed by atoms with Crippen LogP contribution in [0, 0.1) is 0 Å². The number of phenolic OH excluding ortho intramolecular Hbond substituents is 1. The summed E-state index contributed by atoms with van der Waals surface area (Å²) in [5.74, 6) is 1.49. The summed E-state index contributed by atoms with van der Waals surface area (Å²) in [7, 11) is 0. The third-order valence-electron chi connectivity index (χ3n) is 8.49. The molecule has 0 amide bonds. The summed E-state index contributed by atoms with van der Waals surface area (Å²) < 4.78 is 2.25. The van der Waals surface area contributed by atoms with Crippen LogP contribution in [0.5, 0.6) is 5.75 Å². The number of hydrogen-bond donors (Lipinski definition) is 1. The van der Waals surface area contributed by atoms with E-state index in [1.807, 2.05) is 48.5 Å². The van der Waals surface area contributed by atoms with Gasteiger partial charge >= 0.3 is 0 Å². The van der Waals surface area contributed by atoms with Gasteiger partial charge in [-0.15, -0.1) is 0 Å². The number of phenols is 1. The van der Waals surface area contributed by atoms with Crippen LogP contribution in [0.4, 0.5) is 0 Å². The van der Waals surface area contributed by atoms with Gasteiger partial charge < -0.3 is 5.11 Å². The van der Waals surface area contributed by atoms with E-state index >= 15 is 0 Å². The average Bonchev–Trinajstić information content (AvgIpc) is 3.43. The molecule has 5 aromatic carbocycles. The average molecular weight is 574 g/mol. The number of rotatable bonds is 6. The minimum Gasteiger partial charge on any atom is -0.506 e. The van der Waals surface area contributed by atoms with Gasteiger partial charge in [-0.25, -0.2) is 9.97 Å². The van der Waals surface area contributed by atoms with Crippen LogP contribution in [0.3, 0.4) is 0 Å². The fourth-order valence-electron chi connectivity index (χ4n) is 6.32. The van der Waals surface area contributed by atoms with Crippen LogP contribution in [-0.2, 0) is 0 Å². The molecule has 0 atom stereocenters. The van der Waals surface area contributed by atoms with Gasteiger partial charge in [0.05, 0.1) is 33.7 Å². The molecule has 0 fully saturated rings. The van der Waals surface area contributed by atoms with Gasteiger partial charge in [-0.05, 0) is 70.1 Å². The van der Waals surface area contributed by atoms with Crippen LogP contribution in [-0.4, -0.2) is 19.6 Å². The SMILES string of the molecule is CC(C)c1cccc(C(C)C)c1-n1c(-c2cccc(-c3cccc(-c4cccc5ccccc45)n3)c2O)nc2ccccc21. The van der Waals surface area contributed by atoms with Gasteiger partial charge in [0.1, 0.15) is 11.6 Å². The zero-order valence-corrected chi connectivity index (χ0v) is 25.5. The van der Waals surface area contributed by atoms with E-state index in [1.54, 1.807) is 0 Å². The van der Waals surface area contributed by atoms with Crippen molar-refractivity contribution in [1.82, 2.24) is 14.5 Å². The van der Waals surface area contributed by atoms with Crippen molar-refractivity contribution in [2.24, 2.45) is 0 Å². The van der Waals surface area contributed by atoms with Crippen LogP contribution in [0.15, 0.2) is 121 Å². The van der Waals surface area contributed by atoms with Crippen molar-refractivity contribution in [2.45, 2.75) is 39.5 Å². The molecule has 1 N–H and O–H groups in total. The molecule has 0 aliphatic rings. The maximum atomic E-state index is 12.0. The van der Waals surface area contributed by atoms with Crippen LogP contribution < -0.4 is 0 Å². The summed E-state index contributed by atoms with van der Waals surface area (Å²) in [5, 5.41) is 14.3. The number of imidazole rings is 1. The van der Waals surface area contributed by atoms with E-state index in [1.165, 1.54) is 16.5 Å². The van der Waals surface area contributed by atoms with Gasteiger partial charge in [0.2, 0.25) is 0 Å². The predicted molar refractivity (Wildman–Crippen MR) is 183 cm³/mol. The van der Waals surface area contributed by atoms with Gasteiger partial charge in [0, 0.05) is 11.1 Å². The molecule has 0 spiro atoms. The zero-order chi connectivity index (χ0) is 30.4. The Morgan fingerprint density at radius 1 is 0.545 bits per heavy atom. The molecule has 216 valence electrons. The first kappa shape index (κ1) is 27.6. The Bertz CT molecular complexity index is 2120. The quantitative estimate of drug-likeness (QED) is 0.215. The van der Waals surface area contributed by atoms with E-state index in [0.29, 0.717) is 34.5 Å². The maximum absolute atomic E-state index is 12.0. The second-order valence-corrected chi connectivity index (χ2v) is 12.0. The highest BCUT2D eigenvalue weighted by Gasteiger charge is 2.24. The third kappa shape index (κ3) is 4.64. The molecular weight excluding hydrogens is 538 g/mol. The van der Waals surface area contributed by atoms with Gasteiger partial charge in [-0.2, -0.15) is 0 Å². The van der Waals surface area contributed by atoms with Crippen molar-refractivity contribution in [3.8, 4) is 45.3 Å². The highest BCUT2D eigenvalue weighted by Crippen LogP contribution is 2.42. The van der Waals surface area contributed by atoms with E-state index in [-0.39, 0.29) is 5.75 Å². The minimum absolute atomic E-state index is 0.166. The predicted octanol–water partition coefficient (Wildman–Crippen LogP) is 10.5. The van der Waals surface area contributed by atoms with E-state index in [9.17, 15) is 5.11 Å². The van der Waals surface area contributed by atoms with Crippen LogP contribution in [0.2, 0.25) is 0 Å². The molecule has 0 saturated carbocycles. The highest BCUT2D eigenvalue weighted by molar-refractivity contribution is 5.96. The molecule has 4 nitrogen and oxygen atoms in total. The number of aromatic hydroxyl groups is 1. The van der Waals surface area contributed by atoms with Gasteiger partial charge in [0.25, 0.3) is 0 Å². The fourth-order valence-corrected chi connectivity index (χ4v) is 6.32. The van der Waals surface area contributed by atoms with Gasteiger partial charge in [-0.3, -0.25) is 4.57 Å². The van der Waals surface area contributed by atoms with Gasteiger partial charge in [-0.1, -0.05) is 113 Å². The molecular formula is C40H35N3O. The maximum Gasteiger partial charge on any atom is 0.149 e. The summed E-state index contributed by atoms with van der Waals surface area (Å²) in [6, 6.07) is 41.3. The normalized spacial score (nSPS) is 11.7. The molecule has 0 aliphatic carbocycles. The third-order valence-corrected chi connectivity index (χ3v) is 8.49. The van der Waals surface area contributed by atoms with E-state index < -0.39 is 0 Å². The first-order valence-electron chi connectivity index (χ1n) is 15.3. The first-order valence-corrected chi connectivity index (χ1v) is 15.3. The molecule has 44 heavy (non-hydrogen) atoms. The summed E-state index contributed by atoms with van der Waals surface area (Å²) in [6.45, 7) is 8.92. The molecule has 2 heterocycles. The number of aromatic nitrogens is 3. The highest BCUT2D eigenvalue weighted by atomic mass is 16.3. The Morgan fingerprint density at radius 3 is 1.89 bits per heavy atom. The van der Waals surface area contributed by atoms with Crippen molar-refractivity contribution in [1.29, 1.82) is 0 Å². The molecule has 2 aromatic heterocycles. The topological polar surface area (TPSA) is 50.9 Å². The standard InChI is InChI=1S/C40H35N3O/c1-25(2)28-16-10-17-29(26(3)4)38(28)43-37-24-8-7-21-36(37)42-40(43)33-20-11-19-32(39(33)44)35-23-12-22-34(41-35)31-18-9-14-27-13-5-6-15-30(27)31/h5-26,44H,1-4H3. The Balaban J connectivity index is 1.44. The molecule has 0 bridgehead atoms. The lowest BCUT2D eigenvalue weighted by molar-refractivity contribution is 0.478. The Kier molecular flexibility index (Phi) is 6.98. The van der Waals surface area contributed by atoms with Crippen molar-refractivity contribution >= 4 is 21.8 Å².